The number of aliphatic imine (C=N–C) groups is 4. The molecule has 1 aliphatic heterocycles. The maximum Gasteiger partial charge on any atom is 3.00 e. The Labute approximate surface area is 251 Å². The Morgan fingerprint density at radius 2 is 1.05 bits per heavy atom. The van der Waals surface area contributed by atoms with Gasteiger partial charge < -0.3 is 0 Å². The van der Waals surface area contributed by atoms with Crippen molar-refractivity contribution in [3.05, 3.63) is 94.6 Å². The number of benzene rings is 1. The van der Waals surface area contributed by atoms with Gasteiger partial charge in [-0.2, -0.15) is 0 Å². The van der Waals surface area contributed by atoms with Gasteiger partial charge in [0, 0.05) is 0 Å². The van der Waals surface area contributed by atoms with E-state index >= 15 is 0 Å². The Bertz CT molecular complexity index is 1340. The van der Waals surface area contributed by atoms with Gasteiger partial charge in [0.15, 0.2) is 0 Å². The second kappa shape index (κ2) is 13.9. The zero-order valence-electron chi connectivity index (χ0n) is 22.2. The second-order valence-electron chi connectivity index (χ2n) is 9.23. The van der Waals surface area contributed by atoms with Crippen LogP contribution in [0.15, 0.2) is 80.6 Å². The van der Waals surface area contributed by atoms with E-state index in [0.717, 1.165) is 52.0 Å². The fourth-order valence-corrected chi connectivity index (χ4v) is 4.08. The maximum atomic E-state index is 5.10. The van der Waals surface area contributed by atoms with Crippen LogP contribution in [-0.4, -0.2) is 58.5 Å². The number of fused-ring (bicyclic) bond motifs is 4. The topological polar surface area (TPSA) is 75.2 Å². The molecular weight excluding hydrogens is 603 g/mol. The minimum atomic E-state index is -0.0201. The van der Waals surface area contributed by atoms with Crippen molar-refractivity contribution < 1.29 is 38.6 Å². The summed E-state index contributed by atoms with van der Waals surface area (Å²) in [6.45, 7) is 11.9. The molecule has 0 saturated heterocycles. The van der Waals surface area contributed by atoms with Gasteiger partial charge in [0.1, 0.15) is 0 Å². The van der Waals surface area contributed by atoms with Gasteiger partial charge in [-0.05, 0) is 70.9 Å². The van der Waals surface area contributed by atoms with E-state index < -0.39 is 0 Å². The normalized spacial score (nSPS) is 16.7. The SMILES string of the molecule is CC1=NCCN=C(C)c2cccc(n2)C(C)=NC(Cc2ccc(C)cc2)CN=C(C)c2cccc1n2.[Tb+3]. The molecule has 6 nitrogen and oxygen atoms in total. The van der Waals surface area contributed by atoms with Crippen molar-refractivity contribution in [1.82, 2.24) is 9.97 Å². The predicted octanol–water partition coefficient (Wildman–Crippen LogP) is 5.35. The van der Waals surface area contributed by atoms with E-state index in [1.165, 1.54) is 11.1 Å². The van der Waals surface area contributed by atoms with Crippen LogP contribution in [0.2, 0.25) is 0 Å². The largest absolute Gasteiger partial charge is 3.00 e. The monoisotopic (exact) mass is 637 g/mol. The van der Waals surface area contributed by atoms with Crippen molar-refractivity contribution in [1.29, 1.82) is 0 Å². The third-order valence-corrected chi connectivity index (χ3v) is 6.29. The van der Waals surface area contributed by atoms with Crippen molar-refractivity contribution >= 4 is 22.8 Å². The number of rotatable bonds is 2. The molecule has 1 atom stereocenters. The minimum Gasteiger partial charge on any atom is -0.286 e. The van der Waals surface area contributed by atoms with Crippen LogP contribution in [0.1, 0.15) is 61.6 Å². The Kier molecular flexibility index (Phi) is 10.9. The Morgan fingerprint density at radius 3 is 1.57 bits per heavy atom. The molecule has 7 heteroatoms. The Morgan fingerprint density at radius 1 is 0.595 bits per heavy atom. The molecule has 1 aliphatic rings. The standard InChI is InChI=1S/C30H34N6.Tb/c1-20-12-14-25(15-13-20)18-26-19-33-23(4)29-10-6-8-27(35-29)21(2)31-16-17-32-22(3)28-9-7-11-30(36-28)24(5)34-26;/h6-15,26H,16-19H2,1-5H3;/q;+3. The van der Waals surface area contributed by atoms with Gasteiger partial charge in [0.05, 0.1) is 71.3 Å². The molecule has 0 amide bonds. The average molecular weight is 638 g/mol. The van der Waals surface area contributed by atoms with Crippen LogP contribution in [-0.2, 0) is 6.42 Å². The molecule has 0 spiro atoms. The van der Waals surface area contributed by atoms with E-state index in [9.17, 15) is 0 Å². The summed E-state index contributed by atoms with van der Waals surface area (Å²) in [4.78, 5) is 29.1. The molecule has 1 aromatic carbocycles. The third kappa shape index (κ3) is 8.24. The number of nitrogens with zero attached hydrogens (tertiary/aromatic N) is 6. The Hall–Kier alpha value is -2.51. The van der Waals surface area contributed by atoms with Crippen LogP contribution in [0.5, 0.6) is 0 Å². The van der Waals surface area contributed by atoms with E-state index in [2.05, 4.69) is 31.2 Å². The maximum absolute atomic E-state index is 5.10. The van der Waals surface area contributed by atoms with E-state index in [1.54, 1.807) is 0 Å². The summed E-state index contributed by atoms with van der Waals surface area (Å²) < 4.78 is 0. The zero-order chi connectivity index (χ0) is 25.5. The summed E-state index contributed by atoms with van der Waals surface area (Å²) in [7, 11) is 0. The fraction of sp³-hybridized carbons (Fsp3) is 0.333. The molecule has 3 aromatic rings. The quantitative estimate of drug-likeness (QED) is 0.381. The van der Waals surface area contributed by atoms with Crippen molar-refractivity contribution in [2.45, 2.75) is 47.1 Å². The van der Waals surface area contributed by atoms with Gasteiger partial charge in [0.2, 0.25) is 0 Å². The molecule has 0 radical (unpaired) electrons. The van der Waals surface area contributed by atoms with E-state index in [-0.39, 0.29) is 44.7 Å². The van der Waals surface area contributed by atoms with E-state index in [0.29, 0.717) is 19.6 Å². The number of hydrogen-bond acceptors (Lipinski definition) is 6. The smallest absolute Gasteiger partial charge is 0.286 e. The summed E-state index contributed by atoms with van der Waals surface area (Å²) in [5.74, 6) is 0. The van der Waals surface area contributed by atoms with Gasteiger partial charge in [-0.3, -0.25) is 20.0 Å². The van der Waals surface area contributed by atoms with Crippen LogP contribution in [0.3, 0.4) is 0 Å². The molecular formula is C30H34N6Tb+3. The summed E-state index contributed by atoms with van der Waals surface area (Å²) in [6.07, 6.45) is 0.799. The average Bonchev–Trinajstić information content (AvgIpc) is 2.90. The molecule has 0 fully saturated rings. The first-order valence-corrected chi connectivity index (χ1v) is 12.5. The molecule has 3 heterocycles. The van der Waals surface area contributed by atoms with Crippen molar-refractivity contribution in [3.8, 4) is 0 Å². The molecule has 2 aromatic heterocycles. The molecule has 0 aliphatic carbocycles. The van der Waals surface area contributed by atoms with Gasteiger partial charge in [-0.1, -0.05) is 42.0 Å². The Balaban J connectivity index is 0.00000380. The molecule has 0 saturated carbocycles. The van der Waals surface area contributed by atoms with Crippen LogP contribution in [0.25, 0.3) is 0 Å². The molecule has 190 valence electrons. The van der Waals surface area contributed by atoms with Gasteiger partial charge >= 0.3 is 38.6 Å². The van der Waals surface area contributed by atoms with E-state index in [1.807, 2.05) is 64.1 Å². The minimum absolute atomic E-state index is 0. The molecule has 0 N–H and O–H groups in total. The van der Waals surface area contributed by atoms with Gasteiger partial charge in [-0.25, -0.2) is 9.97 Å². The summed E-state index contributed by atoms with van der Waals surface area (Å²) in [5.41, 5.74) is 9.54. The second-order valence-corrected chi connectivity index (χ2v) is 9.23. The first-order chi connectivity index (χ1) is 17.4. The molecule has 4 rings (SSSR count). The number of aromatic nitrogens is 2. The number of aryl methyl sites for hydroxylation is 1. The van der Waals surface area contributed by atoms with Crippen LogP contribution >= 0.6 is 0 Å². The van der Waals surface area contributed by atoms with Crippen molar-refractivity contribution in [3.63, 3.8) is 0 Å². The first kappa shape index (κ1) is 29.0. The van der Waals surface area contributed by atoms with Crippen LogP contribution in [0, 0.1) is 45.5 Å². The number of pyridine rings is 2. The predicted molar refractivity (Wildman–Crippen MR) is 151 cm³/mol. The van der Waals surface area contributed by atoms with Crippen molar-refractivity contribution in [2.75, 3.05) is 19.6 Å². The summed E-state index contributed by atoms with van der Waals surface area (Å²) >= 11 is 0. The fourth-order valence-electron chi connectivity index (χ4n) is 4.08. The van der Waals surface area contributed by atoms with Crippen LogP contribution in [0.4, 0.5) is 0 Å². The van der Waals surface area contributed by atoms with Gasteiger partial charge in [-0.15, -0.1) is 0 Å². The van der Waals surface area contributed by atoms with Gasteiger partial charge in [0.25, 0.3) is 0 Å². The van der Waals surface area contributed by atoms with Crippen LogP contribution < -0.4 is 0 Å². The molecule has 1 unspecified atom stereocenters. The third-order valence-electron chi connectivity index (χ3n) is 6.29. The summed E-state index contributed by atoms with van der Waals surface area (Å²) in [6, 6.07) is 20.7. The summed E-state index contributed by atoms with van der Waals surface area (Å²) in [5, 5.41) is 0. The molecule has 4 bridgehead atoms. The number of hydrogen-bond donors (Lipinski definition) is 0. The van der Waals surface area contributed by atoms with E-state index in [4.69, 9.17) is 29.9 Å². The van der Waals surface area contributed by atoms with Crippen molar-refractivity contribution in [2.24, 2.45) is 20.0 Å². The first-order valence-electron chi connectivity index (χ1n) is 12.5. The molecule has 37 heavy (non-hydrogen) atoms. The zero-order valence-corrected chi connectivity index (χ0v) is 24.3.